The minimum absolute atomic E-state index is 0.194. The van der Waals surface area contributed by atoms with Crippen molar-refractivity contribution in [3.05, 3.63) is 23.8 Å². The molecule has 2 unspecified atom stereocenters. The first kappa shape index (κ1) is 14.4. The summed E-state index contributed by atoms with van der Waals surface area (Å²) in [5, 5.41) is 0. The molecular formula is C18H24O3. The Morgan fingerprint density at radius 1 is 1.38 bits per heavy atom. The highest BCUT2D eigenvalue weighted by molar-refractivity contribution is 6.00. The first-order chi connectivity index (χ1) is 10.0. The predicted octanol–water partition coefficient (Wildman–Crippen LogP) is 4.25. The molecule has 3 rings (SSSR count). The summed E-state index contributed by atoms with van der Waals surface area (Å²) < 4.78 is 11.5. The molecule has 0 saturated heterocycles. The van der Waals surface area contributed by atoms with E-state index in [-0.39, 0.29) is 11.4 Å². The van der Waals surface area contributed by atoms with E-state index in [2.05, 4.69) is 13.8 Å². The second-order valence-electron chi connectivity index (χ2n) is 6.85. The van der Waals surface area contributed by atoms with Gasteiger partial charge in [-0.2, -0.15) is 0 Å². The zero-order valence-electron chi connectivity index (χ0n) is 13.1. The average Bonchev–Trinajstić information content (AvgIpc) is 2.47. The van der Waals surface area contributed by atoms with Crippen LogP contribution in [0.3, 0.4) is 0 Å². The number of carbonyl (C=O) groups is 1. The molecule has 0 radical (unpaired) electrons. The molecule has 114 valence electrons. The van der Waals surface area contributed by atoms with Crippen LogP contribution in [-0.2, 0) is 0 Å². The Bertz CT molecular complexity index is 549. The van der Waals surface area contributed by atoms with Gasteiger partial charge >= 0.3 is 0 Å². The number of benzene rings is 1. The van der Waals surface area contributed by atoms with Crippen molar-refractivity contribution in [1.82, 2.24) is 0 Å². The highest BCUT2D eigenvalue weighted by atomic mass is 16.5. The number of fused-ring (bicyclic) bond motifs is 1. The van der Waals surface area contributed by atoms with E-state index in [1.807, 2.05) is 12.1 Å². The Morgan fingerprint density at radius 2 is 2.19 bits per heavy atom. The highest BCUT2D eigenvalue weighted by Crippen LogP contribution is 2.45. The fourth-order valence-electron chi connectivity index (χ4n) is 3.79. The molecule has 0 aromatic heterocycles. The summed E-state index contributed by atoms with van der Waals surface area (Å²) in [6.45, 7) is 4.54. The van der Waals surface area contributed by atoms with Gasteiger partial charge in [0.1, 0.15) is 17.1 Å². The zero-order chi connectivity index (χ0) is 15.0. The smallest absolute Gasteiger partial charge is 0.170 e. The van der Waals surface area contributed by atoms with E-state index in [0.29, 0.717) is 29.6 Å². The van der Waals surface area contributed by atoms with Gasteiger partial charge in [-0.25, -0.2) is 0 Å². The van der Waals surface area contributed by atoms with Crippen molar-refractivity contribution < 1.29 is 14.3 Å². The van der Waals surface area contributed by atoms with Crippen LogP contribution in [0.5, 0.6) is 11.5 Å². The number of ether oxygens (including phenoxy) is 2. The van der Waals surface area contributed by atoms with Gasteiger partial charge in [0.15, 0.2) is 5.78 Å². The van der Waals surface area contributed by atoms with Crippen molar-refractivity contribution in [1.29, 1.82) is 0 Å². The monoisotopic (exact) mass is 288 g/mol. The lowest BCUT2D eigenvalue weighted by Crippen LogP contribution is -2.46. The molecule has 1 saturated carbocycles. The lowest BCUT2D eigenvalue weighted by Gasteiger charge is -2.44. The molecule has 0 bridgehead atoms. The van der Waals surface area contributed by atoms with Crippen molar-refractivity contribution in [2.24, 2.45) is 11.8 Å². The number of methoxy groups -OCH3 is 1. The van der Waals surface area contributed by atoms with Gasteiger partial charge in [0, 0.05) is 0 Å². The molecule has 1 aromatic carbocycles. The molecule has 2 atom stereocenters. The normalized spacial score (nSPS) is 28.4. The third-order valence-electron chi connectivity index (χ3n) is 5.08. The fraction of sp³-hybridized carbons (Fsp3) is 0.611. The molecule has 0 amide bonds. The quantitative estimate of drug-likeness (QED) is 0.816. The van der Waals surface area contributed by atoms with Crippen molar-refractivity contribution in [2.75, 3.05) is 7.11 Å². The fourth-order valence-corrected chi connectivity index (χ4v) is 3.79. The minimum atomic E-state index is -0.272. The van der Waals surface area contributed by atoms with Crippen LogP contribution in [0.4, 0.5) is 0 Å². The number of hydrogen-bond donors (Lipinski definition) is 0. The van der Waals surface area contributed by atoms with Crippen LogP contribution >= 0.6 is 0 Å². The van der Waals surface area contributed by atoms with Crippen molar-refractivity contribution in [3.8, 4) is 11.5 Å². The van der Waals surface area contributed by atoms with E-state index in [0.717, 1.165) is 25.0 Å². The maximum Gasteiger partial charge on any atom is 0.170 e. The molecular weight excluding hydrogens is 264 g/mol. The summed E-state index contributed by atoms with van der Waals surface area (Å²) in [4.78, 5) is 12.6. The Balaban J connectivity index is 1.89. The molecule has 1 heterocycles. The Kier molecular flexibility index (Phi) is 3.68. The van der Waals surface area contributed by atoms with Gasteiger partial charge in [0.05, 0.1) is 19.1 Å². The van der Waals surface area contributed by atoms with Gasteiger partial charge in [-0.05, 0) is 55.7 Å². The van der Waals surface area contributed by atoms with Crippen molar-refractivity contribution >= 4 is 5.78 Å². The molecule has 2 aliphatic rings. The van der Waals surface area contributed by atoms with Gasteiger partial charge in [-0.15, -0.1) is 0 Å². The molecule has 1 aliphatic heterocycles. The Hall–Kier alpha value is -1.51. The van der Waals surface area contributed by atoms with E-state index in [4.69, 9.17) is 9.47 Å². The molecule has 1 spiro atoms. The molecule has 3 nitrogen and oxygen atoms in total. The van der Waals surface area contributed by atoms with Gasteiger partial charge in [0.2, 0.25) is 0 Å². The van der Waals surface area contributed by atoms with E-state index < -0.39 is 0 Å². The lowest BCUT2D eigenvalue weighted by molar-refractivity contribution is -0.0116. The lowest BCUT2D eigenvalue weighted by atomic mass is 9.70. The van der Waals surface area contributed by atoms with E-state index in [1.165, 1.54) is 6.42 Å². The highest BCUT2D eigenvalue weighted by Gasteiger charge is 2.44. The molecule has 1 aromatic rings. The summed E-state index contributed by atoms with van der Waals surface area (Å²) in [5.41, 5.74) is 0.401. The van der Waals surface area contributed by atoms with Crippen molar-refractivity contribution in [3.63, 3.8) is 0 Å². The zero-order valence-corrected chi connectivity index (χ0v) is 13.1. The van der Waals surface area contributed by atoms with E-state index in [9.17, 15) is 4.79 Å². The van der Waals surface area contributed by atoms with E-state index >= 15 is 0 Å². The van der Waals surface area contributed by atoms with Crippen LogP contribution in [0.25, 0.3) is 0 Å². The second-order valence-corrected chi connectivity index (χ2v) is 6.85. The Labute approximate surface area is 126 Å². The van der Waals surface area contributed by atoms with E-state index in [1.54, 1.807) is 13.2 Å². The maximum absolute atomic E-state index is 12.6. The standard InChI is InChI=1S/C18H24O3/c1-12(2)13-5-4-8-18(10-13)11-16(19)15-9-14(20-3)6-7-17(15)21-18/h6-7,9,12-13H,4-5,8,10-11H2,1-3H3. The topological polar surface area (TPSA) is 35.5 Å². The average molecular weight is 288 g/mol. The SMILES string of the molecule is COc1ccc2c(c1)C(=O)CC1(CCCC(C(C)C)C1)O2. The molecule has 3 heteroatoms. The second kappa shape index (κ2) is 5.36. The molecule has 1 fully saturated rings. The van der Waals surface area contributed by atoms with Crippen LogP contribution in [0.1, 0.15) is 56.3 Å². The third kappa shape index (κ3) is 2.66. The number of ketones is 1. The summed E-state index contributed by atoms with van der Waals surface area (Å²) in [7, 11) is 1.62. The third-order valence-corrected chi connectivity index (χ3v) is 5.08. The van der Waals surface area contributed by atoms with Gasteiger partial charge in [-0.1, -0.05) is 13.8 Å². The maximum atomic E-state index is 12.6. The largest absolute Gasteiger partial charge is 0.497 e. The van der Waals surface area contributed by atoms with Gasteiger partial charge in [0.25, 0.3) is 0 Å². The van der Waals surface area contributed by atoms with Crippen LogP contribution in [0.2, 0.25) is 0 Å². The number of carbonyl (C=O) groups excluding carboxylic acids is 1. The summed E-state index contributed by atoms with van der Waals surface area (Å²) >= 11 is 0. The number of hydrogen-bond acceptors (Lipinski definition) is 3. The first-order valence-electron chi connectivity index (χ1n) is 7.93. The summed E-state index contributed by atoms with van der Waals surface area (Å²) in [5.74, 6) is 2.95. The number of Topliss-reactive ketones (excluding diaryl/α,β-unsaturated/α-hetero) is 1. The molecule has 0 N–H and O–H groups in total. The van der Waals surface area contributed by atoms with Crippen molar-refractivity contribution in [2.45, 2.75) is 51.6 Å². The first-order valence-corrected chi connectivity index (χ1v) is 7.93. The summed E-state index contributed by atoms with van der Waals surface area (Å²) in [6, 6.07) is 5.55. The van der Waals surface area contributed by atoms with Crippen LogP contribution < -0.4 is 9.47 Å². The predicted molar refractivity (Wildman–Crippen MR) is 82.1 cm³/mol. The number of rotatable bonds is 2. The summed E-state index contributed by atoms with van der Waals surface area (Å²) in [6.07, 6.45) is 4.92. The minimum Gasteiger partial charge on any atom is -0.497 e. The van der Waals surface area contributed by atoms with Gasteiger partial charge in [-0.3, -0.25) is 4.79 Å². The molecule has 21 heavy (non-hydrogen) atoms. The molecule has 1 aliphatic carbocycles. The van der Waals surface area contributed by atoms with Crippen LogP contribution in [0, 0.1) is 11.8 Å². The Morgan fingerprint density at radius 3 is 2.90 bits per heavy atom. The van der Waals surface area contributed by atoms with Crippen LogP contribution in [-0.4, -0.2) is 18.5 Å². The van der Waals surface area contributed by atoms with Crippen LogP contribution in [0.15, 0.2) is 18.2 Å². The van der Waals surface area contributed by atoms with Gasteiger partial charge < -0.3 is 9.47 Å².